The minimum atomic E-state index is 0.309. The Balaban J connectivity index is 2.35. The van der Waals surface area contributed by atoms with Crippen molar-refractivity contribution in [1.29, 1.82) is 0 Å². The van der Waals surface area contributed by atoms with E-state index in [1.807, 2.05) is 6.08 Å². The molecule has 2 rings (SSSR count). The molecule has 0 spiro atoms. The molecular formula is C11H16O. The summed E-state index contributed by atoms with van der Waals surface area (Å²) < 4.78 is 0. The summed E-state index contributed by atoms with van der Waals surface area (Å²) in [6, 6.07) is 0. The molecule has 0 aromatic rings. The molecule has 0 heterocycles. The first-order valence-corrected chi connectivity index (χ1v) is 4.82. The predicted octanol–water partition coefficient (Wildman–Crippen LogP) is 2.57. The maximum Gasteiger partial charge on any atom is 0.142 e. The van der Waals surface area contributed by atoms with Crippen LogP contribution in [0.15, 0.2) is 11.6 Å². The van der Waals surface area contributed by atoms with Gasteiger partial charge in [0.15, 0.2) is 0 Å². The van der Waals surface area contributed by atoms with Crippen molar-refractivity contribution in [3.63, 3.8) is 0 Å². The van der Waals surface area contributed by atoms with Crippen molar-refractivity contribution in [3.05, 3.63) is 11.6 Å². The lowest BCUT2D eigenvalue weighted by Gasteiger charge is -2.32. The molecule has 2 aliphatic rings. The fourth-order valence-electron chi connectivity index (χ4n) is 3.11. The maximum absolute atomic E-state index is 10.4. The van der Waals surface area contributed by atoms with Crippen molar-refractivity contribution >= 4 is 6.29 Å². The van der Waals surface area contributed by atoms with E-state index in [2.05, 4.69) is 13.8 Å². The number of hydrogen-bond acceptors (Lipinski definition) is 1. The first kappa shape index (κ1) is 8.03. The second-order valence-corrected chi connectivity index (χ2v) is 4.69. The molecule has 1 nitrogen and oxygen atoms in total. The summed E-state index contributed by atoms with van der Waals surface area (Å²) in [5.74, 6) is 1.57. The van der Waals surface area contributed by atoms with E-state index in [-0.39, 0.29) is 0 Å². The van der Waals surface area contributed by atoms with Gasteiger partial charge in [0.25, 0.3) is 0 Å². The number of fused-ring (bicyclic) bond motifs is 2. The van der Waals surface area contributed by atoms with Crippen molar-refractivity contribution < 1.29 is 4.79 Å². The normalized spacial score (nSPS) is 40.7. The van der Waals surface area contributed by atoms with Crippen LogP contribution >= 0.6 is 0 Å². The van der Waals surface area contributed by atoms with E-state index < -0.39 is 0 Å². The van der Waals surface area contributed by atoms with E-state index in [1.54, 1.807) is 0 Å². The van der Waals surface area contributed by atoms with Gasteiger partial charge in [-0.3, -0.25) is 4.79 Å². The van der Waals surface area contributed by atoms with Crippen molar-refractivity contribution in [2.45, 2.75) is 33.1 Å². The van der Waals surface area contributed by atoms with Crippen LogP contribution in [0.4, 0.5) is 0 Å². The smallest absolute Gasteiger partial charge is 0.142 e. The summed E-state index contributed by atoms with van der Waals surface area (Å²) in [5, 5.41) is 0. The molecule has 12 heavy (non-hydrogen) atoms. The van der Waals surface area contributed by atoms with Gasteiger partial charge in [-0.2, -0.15) is 0 Å². The van der Waals surface area contributed by atoms with Crippen LogP contribution in [0.1, 0.15) is 33.1 Å². The molecule has 2 aliphatic carbocycles. The standard InChI is InChI=1S/C11H16O/c1-11(2)9-4-3-8(7-9)10(11)5-6-12/h5-6,8-9H,3-4,7H2,1-2H3/b10-5+/t8-,9+/m1/s1. The number of rotatable bonds is 1. The molecule has 2 saturated carbocycles. The minimum absolute atomic E-state index is 0.309. The molecule has 0 radical (unpaired) electrons. The number of carbonyl (C=O) groups excluding carboxylic acids is 1. The summed E-state index contributed by atoms with van der Waals surface area (Å²) >= 11 is 0. The number of hydrogen-bond donors (Lipinski definition) is 0. The highest BCUT2D eigenvalue weighted by Gasteiger charge is 2.48. The first-order valence-electron chi connectivity index (χ1n) is 4.82. The van der Waals surface area contributed by atoms with E-state index in [0.717, 1.165) is 18.1 Å². The fraction of sp³-hybridized carbons (Fsp3) is 0.727. The van der Waals surface area contributed by atoms with Gasteiger partial charge in [-0.15, -0.1) is 0 Å². The molecule has 0 N–H and O–H groups in total. The molecule has 0 aromatic heterocycles. The minimum Gasteiger partial charge on any atom is -0.299 e. The SMILES string of the molecule is CC1(C)/C(=C/C=O)[C@@H]2CC[C@H]1C2. The van der Waals surface area contributed by atoms with Crippen LogP contribution < -0.4 is 0 Å². The molecule has 0 aromatic carbocycles. The molecule has 1 heteroatoms. The van der Waals surface area contributed by atoms with Crippen LogP contribution in [-0.4, -0.2) is 6.29 Å². The molecule has 2 atom stereocenters. The van der Waals surface area contributed by atoms with Crippen molar-refractivity contribution in [2.24, 2.45) is 17.3 Å². The van der Waals surface area contributed by atoms with Gasteiger partial charge >= 0.3 is 0 Å². The van der Waals surface area contributed by atoms with Gasteiger partial charge in [0.05, 0.1) is 0 Å². The third-order valence-electron chi connectivity index (χ3n) is 3.88. The highest BCUT2D eigenvalue weighted by molar-refractivity contribution is 5.67. The third-order valence-corrected chi connectivity index (χ3v) is 3.88. The van der Waals surface area contributed by atoms with Crippen LogP contribution in [0.2, 0.25) is 0 Å². The summed E-state index contributed by atoms with van der Waals surface area (Å²) in [6.45, 7) is 4.57. The van der Waals surface area contributed by atoms with Crippen molar-refractivity contribution in [2.75, 3.05) is 0 Å². The zero-order chi connectivity index (χ0) is 8.77. The highest BCUT2D eigenvalue weighted by atomic mass is 16.1. The molecular weight excluding hydrogens is 148 g/mol. The molecule has 0 amide bonds. The topological polar surface area (TPSA) is 17.1 Å². The Hall–Kier alpha value is -0.590. The van der Waals surface area contributed by atoms with Crippen LogP contribution in [0.25, 0.3) is 0 Å². The molecule has 66 valence electrons. The van der Waals surface area contributed by atoms with Gasteiger partial charge in [-0.05, 0) is 42.6 Å². The molecule has 0 saturated heterocycles. The Morgan fingerprint density at radius 3 is 2.67 bits per heavy atom. The molecule has 0 aliphatic heterocycles. The quantitative estimate of drug-likeness (QED) is 0.430. The van der Waals surface area contributed by atoms with E-state index >= 15 is 0 Å². The van der Waals surface area contributed by atoms with Crippen LogP contribution in [0.5, 0.6) is 0 Å². The van der Waals surface area contributed by atoms with Gasteiger partial charge in [0.2, 0.25) is 0 Å². The summed E-state index contributed by atoms with van der Waals surface area (Å²) in [7, 11) is 0. The van der Waals surface area contributed by atoms with E-state index in [4.69, 9.17) is 0 Å². The predicted molar refractivity (Wildman–Crippen MR) is 48.8 cm³/mol. The Kier molecular flexibility index (Phi) is 1.64. The average Bonchev–Trinajstić information content (AvgIpc) is 2.53. The van der Waals surface area contributed by atoms with Crippen LogP contribution in [-0.2, 0) is 4.79 Å². The fourth-order valence-corrected chi connectivity index (χ4v) is 3.11. The first-order chi connectivity index (χ1) is 5.66. The molecule has 2 bridgehead atoms. The Morgan fingerprint density at radius 1 is 1.42 bits per heavy atom. The lowest BCUT2D eigenvalue weighted by atomic mass is 9.73. The zero-order valence-electron chi connectivity index (χ0n) is 7.84. The summed E-state index contributed by atoms with van der Waals surface area (Å²) in [4.78, 5) is 10.4. The Bertz CT molecular complexity index is 237. The monoisotopic (exact) mass is 164 g/mol. The van der Waals surface area contributed by atoms with Crippen LogP contribution in [0.3, 0.4) is 0 Å². The summed E-state index contributed by atoms with van der Waals surface area (Å²) in [5.41, 5.74) is 1.72. The van der Waals surface area contributed by atoms with E-state index in [0.29, 0.717) is 5.41 Å². The Labute approximate surface area is 73.8 Å². The third kappa shape index (κ3) is 0.886. The van der Waals surface area contributed by atoms with Gasteiger partial charge in [0, 0.05) is 0 Å². The maximum atomic E-state index is 10.4. The summed E-state index contributed by atoms with van der Waals surface area (Å²) in [6.07, 6.45) is 6.77. The van der Waals surface area contributed by atoms with E-state index in [9.17, 15) is 4.79 Å². The van der Waals surface area contributed by atoms with Crippen LogP contribution in [0, 0.1) is 17.3 Å². The van der Waals surface area contributed by atoms with Crippen molar-refractivity contribution in [1.82, 2.24) is 0 Å². The number of allylic oxidation sites excluding steroid dienone is 2. The largest absolute Gasteiger partial charge is 0.299 e. The molecule has 2 fully saturated rings. The van der Waals surface area contributed by atoms with Gasteiger partial charge in [-0.1, -0.05) is 19.4 Å². The van der Waals surface area contributed by atoms with E-state index in [1.165, 1.54) is 24.8 Å². The lowest BCUT2D eigenvalue weighted by molar-refractivity contribution is -0.104. The number of aldehydes is 1. The molecule has 0 unspecified atom stereocenters. The second-order valence-electron chi connectivity index (χ2n) is 4.69. The lowest BCUT2D eigenvalue weighted by Crippen LogP contribution is -2.22. The van der Waals surface area contributed by atoms with Gasteiger partial charge in [-0.25, -0.2) is 0 Å². The second kappa shape index (κ2) is 2.45. The van der Waals surface area contributed by atoms with Gasteiger partial charge in [0.1, 0.15) is 6.29 Å². The van der Waals surface area contributed by atoms with Crippen molar-refractivity contribution in [3.8, 4) is 0 Å². The highest BCUT2D eigenvalue weighted by Crippen LogP contribution is 2.58. The average molecular weight is 164 g/mol. The zero-order valence-corrected chi connectivity index (χ0v) is 7.84. The Morgan fingerprint density at radius 2 is 2.17 bits per heavy atom. The van der Waals surface area contributed by atoms with Gasteiger partial charge < -0.3 is 0 Å². The number of carbonyl (C=O) groups is 1.